The Labute approximate surface area is 158 Å². The predicted molar refractivity (Wildman–Crippen MR) is 99.5 cm³/mol. The van der Waals surface area contributed by atoms with Gasteiger partial charge < -0.3 is 14.0 Å². The molecule has 0 aliphatic rings. The van der Waals surface area contributed by atoms with Crippen molar-refractivity contribution in [3.8, 4) is 5.75 Å². The minimum atomic E-state index is -0.484. The molecule has 0 radical (unpaired) electrons. The second kappa shape index (κ2) is 7.99. The zero-order valence-electron chi connectivity index (χ0n) is 14.2. The SMILES string of the molecule is COCCn1/c(=N/C(=O)c2cc(Cl)ccc2OC)sc2cc(F)ccc21. The lowest BCUT2D eigenvalue weighted by Gasteiger charge is -2.06. The Bertz CT molecular complexity index is 1030. The van der Waals surface area contributed by atoms with Gasteiger partial charge in [0.15, 0.2) is 4.80 Å². The molecule has 0 unspecified atom stereocenters. The molecule has 0 aliphatic heterocycles. The van der Waals surface area contributed by atoms with Gasteiger partial charge >= 0.3 is 0 Å². The first kappa shape index (κ1) is 18.6. The molecule has 1 aromatic heterocycles. The third kappa shape index (κ3) is 3.80. The molecular weight excluding hydrogens is 379 g/mol. The van der Waals surface area contributed by atoms with E-state index >= 15 is 0 Å². The van der Waals surface area contributed by atoms with E-state index < -0.39 is 5.91 Å². The first-order valence-electron chi connectivity index (χ1n) is 7.74. The number of methoxy groups -OCH3 is 2. The van der Waals surface area contributed by atoms with Crippen LogP contribution in [0.25, 0.3) is 10.2 Å². The number of carbonyl (C=O) groups excluding carboxylic acids is 1. The van der Waals surface area contributed by atoms with Gasteiger partial charge in [0, 0.05) is 18.7 Å². The Hall–Kier alpha value is -2.22. The number of nitrogens with zero attached hydrogens (tertiary/aromatic N) is 2. The average molecular weight is 395 g/mol. The van der Waals surface area contributed by atoms with E-state index in [0.717, 1.165) is 5.52 Å². The summed E-state index contributed by atoms with van der Waals surface area (Å²) in [4.78, 5) is 17.4. The van der Waals surface area contributed by atoms with Gasteiger partial charge in [-0.05, 0) is 36.4 Å². The molecule has 2 aromatic carbocycles. The van der Waals surface area contributed by atoms with Crippen LogP contribution in [0.4, 0.5) is 4.39 Å². The fourth-order valence-corrected chi connectivity index (χ4v) is 3.78. The molecule has 0 saturated carbocycles. The van der Waals surface area contributed by atoms with Crippen LogP contribution in [-0.2, 0) is 11.3 Å². The zero-order chi connectivity index (χ0) is 18.7. The molecule has 1 heterocycles. The van der Waals surface area contributed by atoms with Gasteiger partial charge in [-0.25, -0.2) is 4.39 Å². The van der Waals surface area contributed by atoms with E-state index in [4.69, 9.17) is 21.1 Å². The lowest BCUT2D eigenvalue weighted by molar-refractivity contribution is 0.0994. The van der Waals surface area contributed by atoms with Gasteiger partial charge in [0.1, 0.15) is 11.6 Å². The summed E-state index contributed by atoms with van der Waals surface area (Å²) in [5, 5.41) is 0.412. The maximum absolute atomic E-state index is 13.5. The molecule has 0 spiro atoms. The standard InChI is InChI=1S/C18H16ClFN2O3S/c1-24-8-7-22-14-5-4-12(20)10-16(14)26-18(22)21-17(23)13-9-11(19)3-6-15(13)25-2/h3-6,9-10H,7-8H2,1-2H3/b21-18-. The minimum Gasteiger partial charge on any atom is -0.496 e. The largest absolute Gasteiger partial charge is 0.496 e. The number of rotatable bonds is 5. The molecule has 5 nitrogen and oxygen atoms in total. The Balaban J connectivity index is 2.14. The van der Waals surface area contributed by atoms with Gasteiger partial charge in [-0.15, -0.1) is 0 Å². The van der Waals surface area contributed by atoms with Crippen LogP contribution in [0.5, 0.6) is 5.75 Å². The molecule has 0 fully saturated rings. The molecule has 3 aromatic rings. The van der Waals surface area contributed by atoms with Crippen LogP contribution in [0.2, 0.25) is 5.02 Å². The molecule has 0 saturated heterocycles. The van der Waals surface area contributed by atoms with Crippen molar-refractivity contribution in [2.75, 3.05) is 20.8 Å². The third-order valence-electron chi connectivity index (χ3n) is 3.75. The molecule has 0 atom stereocenters. The van der Waals surface area contributed by atoms with Crippen LogP contribution < -0.4 is 9.54 Å². The summed E-state index contributed by atoms with van der Waals surface area (Å²) in [6.07, 6.45) is 0. The normalized spacial score (nSPS) is 11.9. The maximum Gasteiger partial charge on any atom is 0.283 e. The van der Waals surface area contributed by atoms with Crippen LogP contribution in [0.15, 0.2) is 41.4 Å². The zero-order valence-corrected chi connectivity index (χ0v) is 15.7. The molecule has 0 bridgehead atoms. The van der Waals surface area contributed by atoms with Gasteiger partial charge in [-0.2, -0.15) is 4.99 Å². The summed E-state index contributed by atoms with van der Waals surface area (Å²) < 4.78 is 26.4. The number of ether oxygens (including phenoxy) is 2. The molecule has 8 heteroatoms. The monoisotopic (exact) mass is 394 g/mol. The van der Waals surface area contributed by atoms with Crippen molar-refractivity contribution < 1.29 is 18.7 Å². The summed E-state index contributed by atoms with van der Waals surface area (Å²) in [5.74, 6) is -0.437. The highest BCUT2D eigenvalue weighted by atomic mass is 35.5. The number of fused-ring (bicyclic) bond motifs is 1. The van der Waals surface area contributed by atoms with E-state index in [9.17, 15) is 9.18 Å². The van der Waals surface area contributed by atoms with Gasteiger partial charge in [0.2, 0.25) is 0 Å². The second-order valence-electron chi connectivity index (χ2n) is 5.40. The van der Waals surface area contributed by atoms with Gasteiger partial charge in [-0.3, -0.25) is 4.79 Å². The summed E-state index contributed by atoms with van der Waals surface area (Å²) >= 11 is 7.23. The lowest BCUT2D eigenvalue weighted by atomic mass is 10.2. The molecular formula is C18H16ClFN2O3S. The number of amides is 1. The molecule has 26 heavy (non-hydrogen) atoms. The Morgan fingerprint density at radius 2 is 2.08 bits per heavy atom. The summed E-state index contributed by atoms with van der Waals surface area (Å²) in [6.45, 7) is 0.923. The highest BCUT2D eigenvalue weighted by molar-refractivity contribution is 7.16. The first-order valence-corrected chi connectivity index (χ1v) is 8.93. The van der Waals surface area contributed by atoms with E-state index in [1.54, 1.807) is 25.3 Å². The number of hydrogen-bond donors (Lipinski definition) is 0. The van der Waals surface area contributed by atoms with Crippen molar-refractivity contribution in [2.45, 2.75) is 6.54 Å². The lowest BCUT2D eigenvalue weighted by Crippen LogP contribution is -2.19. The van der Waals surface area contributed by atoms with E-state index in [1.165, 1.54) is 36.6 Å². The quantitative estimate of drug-likeness (QED) is 0.659. The number of benzene rings is 2. The second-order valence-corrected chi connectivity index (χ2v) is 6.85. The minimum absolute atomic E-state index is 0.266. The van der Waals surface area contributed by atoms with Crippen LogP contribution in [0.3, 0.4) is 0 Å². The highest BCUT2D eigenvalue weighted by Gasteiger charge is 2.14. The van der Waals surface area contributed by atoms with Gasteiger partial charge in [-0.1, -0.05) is 22.9 Å². The van der Waals surface area contributed by atoms with Crippen LogP contribution >= 0.6 is 22.9 Å². The highest BCUT2D eigenvalue weighted by Crippen LogP contribution is 2.24. The average Bonchev–Trinajstić information content (AvgIpc) is 2.95. The number of hydrogen-bond acceptors (Lipinski definition) is 4. The van der Waals surface area contributed by atoms with Crippen molar-refractivity contribution >= 4 is 39.1 Å². The Morgan fingerprint density at radius 3 is 2.81 bits per heavy atom. The smallest absolute Gasteiger partial charge is 0.283 e. The number of halogens is 2. The van der Waals surface area contributed by atoms with Crippen molar-refractivity contribution in [1.82, 2.24) is 4.57 Å². The summed E-state index contributed by atoms with van der Waals surface area (Å²) in [6, 6.07) is 9.23. The van der Waals surface area contributed by atoms with E-state index in [0.29, 0.717) is 33.4 Å². The molecule has 136 valence electrons. The first-order chi connectivity index (χ1) is 12.5. The third-order valence-corrected chi connectivity index (χ3v) is 5.03. The number of carbonyl (C=O) groups is 1. The summed E-state index contributed by atoms with van der Waals surface area (Å²) in [7, 11) is 3.06. The predicted octanol–water partition coefficient (Wildman–Crippen LogP) is 3.89. The molecule has 3 rings (SSSR count). The molecule has 0 N–H and O–H groups in total. The molecule has 0 aliphatic carbocycles. The summed E-state index contributed by atoms with van der Waals surface area (Å²) in [5.41, 5.74) is 1.06. The van der Waals surface area contributed by atoms with Crippen molar-refractivity contribution in [3.05, 3.63) is 57.6 Å². The number of aromatic nitrogens is 1. The van der Waals surface area contributed by atoms with Gasteiger partial charge in [0.05, 0.1) is 29.5 Å². The van der Waals surface area contributed by atoms with E-state index in [-0.39, 0.29) is 11.4 Å². The van der Waals surface area contributed by atoms with Crippen LogP contribution in [-0.4, -0.2) is 31.3 Å². The van der Waals surface area contributed by atoms with Crippen LogP contribution in [0.1, 0.15) is 10.4 Å². The maximum atomic E-state index is 13.5. The Kier molecular flexibility index (Phi) is 5.70. The fraction of sp³-hybridized carbons (Fsp3) is 0.222. The van der Waals surface area contributed by atoms with Crippen LogP contribution in [0, 0.1) is 5.82 Å². The molecule has 1 amide bonds. The number of thiazole rings is 1. The van der Waals surface area contributed by atoms with E-state index in [2.05, 4.69) is 4.99 Å². The fourth-order valence-electron chi connectivity index (χ4n) is 2.53. The van der Waals surface area contributed by atoms with Crippen molar-refractivity contribution in [2.24, 2.45) is 4.99 Å². The van der Waals surface area contributed by atoms with Gasteiger partial charge in [0.25, 0.3) is 5.91 Å². The van der Waals surface area contributed by atoms with E-state index in [1.807, 2.05) is 4.57 Å². The van der Waals surface area contributed by atoms with Crippen molar-refractivity contribution in [3.63, 3.8) is 0 Å². The Morgan fingerprint density at radius 1 is 1.27 bits per heavy atom. The topological polar surface area (TPSA) is 52.8 Å². The van der Waals surface area contributed by atoms with Crippen molar-refractivity contribution in [1.29, 1.82) is 0 Å².